The molecule has 1 aromatic heterocycles. The fourth-order valence-corrected chi connectivity index (χ4v) is 2.02. The Morgan fingerprint density at radius 2 is 1.94 bits per heavy atom. The van der Waals surface area contributed by atoms with Crippen molar-refractivity contribution in [2.24, 2.45) is 0 Å². The normalized spacial score (nSPS) is 10.9. The zero-order valence-electron chi connectivity index (χ0n) is 10.2. The molecular formula is C15H18O2. The molecule has 0 bridgehead atoms. The van der Waals surface area contributed by atoms with E-state index in [-0.39, 0.29) is 5.63 Å². The van der Waals surface area contributed by atoms with E-state index in [2.05, 4.69) is 6.92 Å². The molecule has 0 aliphatic carbocycles. The molecule has 0 radical (unpaired) electrons. The Hall–Kier alpha value is -1.57. The van der Waals surface area contributed by atoms with Gasteiger partial charge in [-0.25, -0.2) is 4.79 Å². The third kappa shape index (κ3) is 2.96. The molecule has 1 aromatic carbocycles. The quantitative estimate of drug-likeness (QED) is 0.575. The Bertz CT molecular complexity index is 540. The molecule has 90 valence electrons. The van der Waals surface area contributed by atoms with E-state index in [4.69, 9.17) is 4.42 Å². The summed E-state index contributed by atoms with van der Waals surface area (Å²) >= 11 is 0. The van der Waals surface area contributed by atoms with Gasteiger partial charge in [0.15, 0.2) is 0 Å². The molecule has 0 N–H and O–H groups in total. The number of para-hydroxylation sites is 1. The third-order valence-electron chi connectivity index (χ3n) is 3.01. The largest absolute Gasteiger partial charge is 0.423 e. The Balaban J connectivity index is 2.17. The Kier molecular flexibility index (Phi) is 3.97. The molecule has 0 atom stereocenters. The molecule has 0 saturated carbocycles. The minimum Gasteiger partial charge on any atom is -0.423 e. The number of aryl methyl sites for hydroxylation is 1. The van der Waals surface area contributed by atoms with E-state index < -0.39 is 0 Å². The van der Waals surface area contributed by atoms with E-state index in [1.165, 1.54) is 19.3 Å². The van der Waals surface area contributed by atoms with Crippen LogP contribution in [-0.2, 0) is 6.42 Å². The van der Waals surface area contributed by atoms with Crippen LogP contribution in [0, 0.1) is 0 Å². The van der Waals surface area contributed by atoms with Crippen molar-refractivity contribution in [1.29, 1.82) is 0 Å². The lowest BCUT2D eigenvalue weighted by Gasteiger charge is -2.01. The van der Waals surface area contributed by atoms with Crippen molar-refractivity contribution in [3.8, 4) is 0 Å². The highest BCUT2D eigenvalue weighted by Crippen LogP contribution is 2.14. The molecule has 2 nitrogen and oxygen atoms in total. The van der Waals surface area contributed by atoms with Gasteiger partial charge < -0.3 is 4.42 Å². The van der Waals surface area contributed by atoms with E-state index in [0.717, 1.165) is 23.8 Å². The Labute approximate surface area is 101 Å². The summed E-state index contributed by atoms with van der Waals surface area (Å²) < 4.78 is 5.29. The molecule has 0 saturated heterocycles. The SMILES string of the molecule is CCCCCCc1cc2ccccc2oc1=O. The van der Waals surface area contributed by atoms with E-state index in [1.54, 1.807) is 0 Å². The first kappa shape index (κ1) is 11.9. The summed E-state index contributed by atoms with van der Waals surface area (Å²) in [6.07, 6.45) is 5.53. The standard InChI is InChI=1S/C15H18O2/c1-2-3-4-5-9-13-11-12-8-6-7-10-14(12)17-15(13)16/h6-8,10-11H,2-5,9H2,1H3. The van der Waals surface area contributed by atoms with Crippen LogP contribution < -0.4 is 5.63 Å². The van der Waals surface area contributed by atoms with Crippen molar-refractivity contribution < 1.29 is 4.42 Å². The van der Waals surface area contributed by atoms with Crippen molar-refractivity contribution in [1.82, 2.24) is 0 Å². The van der Waals surface area contributed by atoms with Gasteiger partial charge in [-0.3, -0.25) is 0 Å². The topological polar surface area (TPSA) is 30.2 Å². The van der Waals surface area contributed by atoms with Crippen LogP contribution in [0.3, 0.4) is 0 Å². The van der Waals surface area contributed by atoms with Crippen molar-refractivity contribution in [2.75, 3.05) is 0 Å². The monoisotopic (exact) mass is 230 g/mol. The van der Waals surface area contributed by atoms with Crippen LogP contribution in [-0.4, -0.2) is 0 Å². The van der Waals surface area contributed by atoms with Gasteiger partial charge in [0.2, 0.25) is 0 Å². The number of hydrogen-bond acceptors (Lipinski definition) is 2. The first-order chi connectivity index (χ1) is 8.31. The number of fused-ring (bicyclic) bond motifs is 1. The maximum Gasteiger partial charge on any atom is 0.339 e. The number of rotatable bonds is 5. The maximum absolute atomic E-state index is 11.7. The second-order valence-corrected chi connectivity index (χ2v) is 4.41. The molecule has 2 rings (SSSR count). The van der Waals surface area contributed by atoms with Crippen LogP contribution in [0.4, 0.5) is 0 Å². The summed E-state index contributed by atoms with van der Waals surface area (Å²) in [5, 5.41) is 1.01. The molecule has 2 heteroatoms. The number of benzene rings is 1. The van der Waals surface area contributed by atoms with Gasteiger partial charge in [-0.15, -0.1) is 0 Å². The van der Waals surface area contributed by atoms with E-state index in [9.17, 15) is 4.79 Å². The lowest BCUT2D eigenvalue weighted by atomic mass is 10.1. The molecule has 1 heterocycles. The minimum absolute atomic E-state index is 0.180. The summed E-state index contributed by atoms with van der Waals surface area (Å²) in [5.74, 6) is 0. The fourth-order valence-electron chi connectivity index (χ4n) is 2.02. The van der Waals surface area contributed by atoms with Crippen LogP contribution in [0.5, 0.6) is 0 Å². The molecule has 0 aliphatic heterocycles. The molecule has 0 fully saturated rings. The van der Waals surface area contributed by atoms with Gasteiger partial charge in [0.25, 0.3) is 0 Å². The Morgan fingerprint density at radius 1 is 1.12 bits per heavy atom. The van der Waals surface area contributed by atoms with Gasteiger partial charge in [0, 0.05) is 10.9 Å². The highest BCUT2D eigenvalue weighted by atomic mass is 16.4. The average Bonchev–Trinajstić information content (AvgIpc) is 2.35. The van der Waals surface area contributed by atoms with Gasteiger partial charge in [-0.1, -0.05) is 44.4 Å². The van der Waals surface area contributed by atoms with Gasteiger partial charge >= 0.3 is 5.63 Å². The van der Waals surface area contributed by atoms with E-state index in [0.29, 0.717) is 5.58 Å². The Morgan fingerprint density at radius 3 is 2.76 bits per heavy atom. The second kappa shape index (κ2) is 5.67. The fraction of sp³-hybridized carbons (Fsp3) is 0.400. The molecule has 0 unspecified atom stereocenters. The van der Waals surface area contributed by atoms with Gasteiger partial charge in [0.1, 0.15) is 5.58 Å². The first-order valence-electron chi connectivity index (χ1n) is 6.33. The number of hydrogen-bond donors (Lipinski definition) is 0. The van der Waals surface area contributed by atoms with Crippen molar-refractivity contribution >= 4 is 11.0 Å². The van der Waals surface area contributed by atoms with Crippen molar-refractivity contribution in [2.45, 2.75) is 39.0 Å². The smallest absolute Gasteiger partial charge is 0.339 e. The molecule has 0 spiro atoms. The highest BCUT2D eigenvalue weighted by Gasteiger charge is 2.04. The van der Waals surface area contributed by atoms with E-state index in [1.807, 2.05) is 30.3 Å². The molecule has 0 amide bonds. The summed E-state index contributed by atoms with van der Waals surface area (Å²) in [6, 6.07) is 9.62. The van der Waals surface area contributed by atoms with Gasteiger partial charge in [-0.2, -0.15) is 0 Å². The lowest BCUT2D eigenvalue weighted by Crippen LogP contribution is -2.06. The summed E-state index contributed by atoms with van der Waals surface area (Å²) in [4.78, 5) is 11.7. The number of unbranched alkanes of at least 4 members (excludes halogenated alkanes) is 3. The van der Waals surface area contributed by atoms with Crippen LogP contribution in [0.15, 0.2) is 39.5 Å². The maximum atomic E-state index is 11.7. The summed E-state index contributed by atoms with van der Waals surface area (Å²) in [7, 11) is 0. The van der Waals surface area contributed by atoms with Crippen LogP contribution in [0.25, 0.3) is 11.0 Å². The average molecular weight is 230 g/mol. The van der Waals surface area contributed by atoms with Crippen LogP contribution in [0.2, 0.25) is 0 Å². The first-order valence-corrected chi connectivity index (χ1v) is 6.33. The molecular weight excluding hydrogens is 212 g/mol. The van der Waals surface area contributed by atoms with Crippen LogP contribution in [0.1, 0.15) is 38.2 Å². The zero-order valence-corrected chi connectivity index (χ0v) is 10.2. The summed E-state index contributed by atoms with van der Waals surface area (Å²) in [5.41, 5.74) is 1.30. The zero-order chi connectivity index (χ0) is 12.1. The van der Waals surface area contributed by atoms with E-state index >= 15 is 0 Å². The van der Waals surface area contributed by atoms with Gasteiger partial charge in [-0.05, 0) is 25.0 Å². The van der Waals surface area contributed by atoms with Gasteiger partial charge in [0.05, 0.1) is 0 Å². The lowest BCUT2D eigenvalue weighted by molar-refractivity contribution is 0.544. The predicted molar refractivity (Wildman–Crippen MR) is 70.3 cm³/mol. The minimum atomic E-state index is -0.180. The predicted octanol–water partition coefficient (Wildman–Crippen LogP) is 3.92. The van der Waals surface area contributed by atoms with Crippen molar-refractivity contribution in [3.05, 3.63) is 46.3 Å². The second-order valence-electron chi connectivity index (χ2n) is 4.41. The molecule has 17 heavy (non-hydrogen) atoms. The van der Waals surface area contributed by atoms with Crippen molar-refractivity contribution in [3.63, 3.8) is 0 Å². The highest BCUT2D eigenvalue weighted by molar-refractivity contribution is 5.76. The molecule has 2 aromatic rings. The van der Waals surface area contributed by atoms with Crippen LogP contribution >= 0.6 is 0 Å². The molecule has 0 aliphatic rings. The summed E-state index contributed by atoms with van der Waals surface area (Å²) in [6.45, 7) is 2.18. The third-order valence-corrected chi connectivity index (χ3v) is 3.01.